The van der Waals surface area contributed by atoms with Gasteiger partial charge in [-0.25, -0.2) is 0 Å². The molecule has 0 amide bonds. The van der Waals surface area contributed by atoms with Crippen molar-refractivity contribution in [1.82, 2.24) is 0 Å². The fraction of sp³-hybridized carbons (Fsp3) is 0.133. The van der Waals surface area contributed by atoms with Gasteiger partial charge < -0.3 is 10.5 Å². The minimum Gasteiger partial charge on any atom is -0.448 e. The van der Waals surface area contributed by atoms with E-state index in [0.29, 0.717) is 12.1 Å². The predicted octanol–water partition coefficient (Wildman–Crippen LogP) is 3.03. The lowest BCUT2D eigenvalue weighted by Gasteiger charge is -2.11. The average molecular weight is 283 g/mol. The Balaban J connectivity index is 2.48. The lowest BCUT2D eigenvalue weighted by Crippen LogP contribution is -1.99. The van der Waals surface area contributed by atoms with Crippen molar-refractivity contribution in [3.05, 3.63) is 63.2 Å². The van der Waals surface area contributed by atoms with Crippen molar-refractivity contribution in [3.8, 4) is 17.6 Å². The molecule has 0 heterocycles. The summed E-state index contributed by atoms with van der Waals surface area (Å²) in [5, 5.41) is 20.2. The summed E-state index contributed by atoms with van der Waals surface area (Å²) in [7, 11) is 0. The summed E-state index contributed by atoms with van der Waals surface area (Å²) < 4.78 is 5.62. The second kappa shape index (κ2) is 6.03. The fourth-order valence-electron chi connectivity index (χ4n) is 1.90. The number of nitro groups is 1. The van der Waals surface area contributed by atoms with Gasteiger partial charge in [-0.2, -0.15) is 5.26 Å². The maximum Gasteiger partial charge on any atom is 0.311 e. The topological polar surface area (TPSA) is 102 Å². The molecule has 6 heteroatoms. The minimum atomic E-state index is -0.511. The molecule has 0 bridgehead atoms. The molecule has 0 aromatic heterocycles. The molecule has 0 spiro atoms. The standard InChI is InChI=1S/C15H13N3O3/c1-10-3-2-4-13(18(19)20)15(10)21-14-6-5-11(8-16)7-12(14)9-17/h2-7H,8,16H2,1H3. The molecule has 0 fully saturated rings. The molecule has 0 radical (unpaired) electrons. The third-order valence-electron chi connectivity index (χ3n) is 3.00. The number of rotatable bonds is 4. The fourth-order valence-corrected chi connectivity index (χ4v) is 1.90. The Kier molecular flexibility index (Phi) is 4.16. The van der Waals surface area contributed by atoms with Crippen molar-refractivity contribution >= 4 is 5.69 Å². The van der Waals surface area contributed by atoms with E-state index in [4.69, 9.17) is 15.7 Å². The molecule has 0 saturated carbocycles. The van der Waals surface area contributed by atoms with Crippen LogP contribution in [0.5, 0.6) is 11.5 Å². The van der Waals surface area contributed by atoms with Gasteiger partial charge in [0.25, 0.3) is 0 Å². The normalized spacial score (nSPS) is 9.95. The highest BCUT2D eigenvalue weighted by Crippen LogP contribution is 2.35. The van der Waals surface area contributed by atoms with Crippen LogP contribution < -0.4 is 10.5 Å². The molecule has 0 aliphatic carbocycles. The van der Waals surface area contributed by atoms with E-state index in [2.05, 4.69) is 0 Å². The van der Waals surface area contributed by atoms with Crippen LogP contribution in [0.2, 0.25) is 0 Å². The van der Waals surface area contributed by atoms with Crippen LogP contribution >= 0.6 is 0 Å². The summed E-state index contributed by atoms with van der Waals surface area (Å²) in [6.07, 6.45) is 0. The Morgan fingerprint density at radius 1 is 1.38 bits per heavy atom. The van der Waals surface area contributed by atoms with E-state index >= 15 is 0 Å². The van der Waals surface area contributed by atoms with Crippen LogP contribution in [0.15, 0.2) is 36.4 Å². The minimum absolute atomic E-state index is 0.137. The molecule has 2 rings (SSSR count). The van der Waals surface area contributed by atoms with Crippen LogP contribution in [0.25, 0.3) is 0 Å². The number of nitriles is 1. The van der Waals surface area contributed by atoms with Crippen LogP contribution in [-0.2, 0) is 6.54 Å². The van der Waals surface area contributed by atoms with Crippen molar-refractivity contribution in [3.63, 3.8) is 0 Å². The van der Waals surface area contributed by atoms with Gasteiger partial charge in [0.15, 0.2) is 0 Å². The second-order valence-corrected chi connectivity index (χ2v) is 4.43. The lowest BCUT2D eigenvalue weighted by atomic mass is 10.1. The third kappa shape index (κ3) is 2.99. The first-order valence-corrected chi connectivity index (χ1v) is 6.21. The van der Waals surface area contributed by atoms with Crippen LogP contribution in [0.4, 0.5) is 5.69 Å². The van der Waals surface area contributed by atoms with E-state index in [0.717, 1.165) is 5.56 Å². The van der Waals surface area contributed by atoms with Crippen LogP contribution in [0, 0.1) is 28.4 Å². The molecule has 2 aromatic rings. The predicted molar refractivity (Wildman–Crippen MR) is 77.0 cm³/mol. The monoisotopic (exact) mass is 283 g/mol. The number of hydrogen-bond donors (Lipinski definition) is 1. The molecule has 0 saturated heterocycles. The highest BCUT2D eigenvalue weighted by atomic mass is 16.6. The summed E-state index contributed by atoms with van der Waals surface area (Å²) in [5.74, 6) is 0.409. The summed E-state index contributed by atoms with van der Waals surface area (Å²) >= 11 is 0. The molecule has 0 aliphatic heterocycles. The van der Waals surface area contributed by atoms with Gasteiger partial charge in [0.05, 0.1) is 10.5 Å². The summed E-state index contributed by atoms with van der Waals surface area (Å²) in [4.78, 5) is 10.6. The molecular formula is C15H13N3O3. The highest BCUT2D eigenvalue weighted by Gasteiger charge is 2.19. The van der Waals surface area contributed by atoms with Gasteiger partial charge in [0.1, 0.15) is 11.8 Å². The molecule has 21 heavy (non-hydrogen) atoms. The van der Waals surface area contributed by atoms with Gasteiger partial charge in [0.2, 0.25) is 5.75 Å². The van der Waals surface area contributed by atoms with E-state index in [9.17, 15) is 10.1 Å². The van der Waals surface area contributed by atoms with Gasteiger partial charge in [-0.05, 0) is 30.2 Å². The first-order valence-electron chi connectivity index (χ1n) is 6.21. The molecule has 106 valence electrons. The number of hydrogen-bond acceptors (Lipinski definition) is 5. The Hall–Kier alpha value is -2.91. The largest absolute Gasteiger partial charge is 0.448 e. The quantitative estimate of drug-likeness (QED) is 0.686. The zero-order valence-electron chi connectivity index (χ0n) is 11.4. The second-order valence-electron chi connectivity index (χ2n) is 4.43. The first kappa shape index (κ1) is 14.5. The van der Waals surface area contributed by atoms with E-state index in [1.807, 2.05) is 6.07 Å². The number of nitro benzene ring substituents is 1. The maximum absolute atomic E-state index is 11.1. The summed E-state index contributed by atoms with van der Waals surface area (Å²) in [6, 6.07) is 11.6. The van der Waals surface area contributed by atoms with Crippen LogP contribution in [0.3, 0.4) is 0 Å². The highest BCUT2D eigenvalue weighted by molar-refractivity contribution is 5.55. The molecule has 0 aliphatic rings. The van der Waals surface area contributed by atoms with Gasteiger partial charge in [-0.3, -0.25) is 10.1 Å². The Labute approximate surface area is 121 Å². The molecule has 6 nitrogen and oxygen atoms in total. The number of ether oxygens (including phenoxy) is 1. The van der Waals surface area contributed by atoms with Crippen molar-refractivity contribution in [2.75, 3.05) is 0 Å². The summed E-state index contributed by atoms with van der Waals surface area (Å²) in [5.41, 5.74) is 7.09. The zero-order chi connectivity index (χ0) is 15.4. The number of benzene rings is 2. The number of nitrogens with zero attached hydrogens (tertiary/aromatic N) is 2. The van der Waals surface area contributed by atoms with Crippen LogP contribution in [0.1, 0.15) is 16.7 Å². The van der Waals surface area contributed by atoms with E-state index in [1.54, 1.807) is 37.3 Å². The molecule has 2 aromatic carbocycles. The zero-order valence-corrected chi connectivity index (χ0v) is 11.4. The molecule has 0 atom stereocenters. The van der Waals surface area contributed by atoms with Crippen molar-refractivity contribution < 1.29 is 9.66 Å². The van der Waals surface area contributed by atoms with Crippen molar-refractivity contribution in [2.45, 2.75) is 13.5 Å². The molecular weight excluding hydrogens is 270 g/mol. The van der Waals surface area contributed by atoms with Gasteiger partial charge in [0, 0.05) is 12.6 Å². The number of nitrogens with two attached hydrogens (primary N) is 1. The smallest absolute Gasteiger partial charge is 0.311 e. The first-order chi connectivity index (χ1) is 10.1. The van der Waals surface area contributed by atoms with Gasteiger partial charge in [-0.1, -0.05) is 18.2 Å². The van der Waals surface area contributed by atoms with E-state index in [1.165, 1.54) is 6.07 Å². The maximum atomic E-state index is 11.1. The number of para-hydroxylation sites is 1. The average Bonchev–Trinajstić information content (AvgIpc) is 2.49. The third-order valence-corrected chi connectivity index (χ3v) is 3.00. The summed E-state index contributed by atoms with van der Waals surface area (Å²) in [6.45, 7) is 2.02. The van der Waals surface area contributed by atoms with Crippen molar-refractivity contribution in [2.24, 2.45) is 5.73 Å². The number of aryl methyl sites for hydroxylation is 1. The van der Waals surface area contributed by atoms with Gasteiger partial charge in [-0.15, -0.1) is 0 Å². The SMILES string of the molecule is Cc1cccc([N+](=O)[O-])c1Oc1ccc(CN)cc1C#N. The Morgan fingerprint density at radius 3 is 2.76 bits per heavy atom. The van der Waals surface area contributed by atoms with Crippen molar-refractivity contribution in [1.29, 1.82) is 5.26 Å². The van der Waals surface area contributed by atoms with E-state index < -0.39 is 4.92 Å². The lowest BCUT2D eigenvalue weighted by molar-refractivity contribution is -0.385. The van der Waals surface area contributed by atoms with E-state index in [-0.39, 0.29) is 22.7 Å². The molecule has 0 unspecified atom stereocenters. The van der Waals surface area contributed by atoms with Gasteiger partial charge >= 0.3 is 5.69 Å². The van der Waals surface area contributed by atoms with Crippen LogP contribution in [-0.4, -0.2) is 4.92 Å². The molecule has 2 N–H and O–H groups in total. The Bertz CT molecular complexity index is 735. The Morgan fingerprint density at radius 2 is 2.14 bits per heavy atom.